The first-order valence-corrected chi connectivity index (χ1v) is 5.28. The third kappa shape index (κ3) is 1.36. The van der Waals surface area contributed by atoms with Crippen molar-refractivity contribution in [2.45, 2.75) is 25.2 Å². The highest BCUT2D eigenvalue weighted by Gasteiger charge is 2.49. The van der Waals surface area contributed by atoms with E-state index in [4.69, 9.17) is 9.47 Å². The molecule has 0 bridgehead atoms. The van der Waals surface area contributed by atoms with Crippen molar-refractivity contribution in [3.8, 4) is 0 Å². The van der Waals surface area contributed by atoms with Crippen molar-refractivity contribution < 1.29 is 14.6 Å². The van der Waals surface area contributed by atoms with E-state index in [1.54, 1.807) is 0 Å². The van der Waals surface area contributed by atoms with Crippen molar-refractivity contribution >= 4 is 15.9 Å². The first kappa shape index (κ1) is 9.65. The van der Waals surface area contributed by atoms with Gasteiger partial charge >= 0.3 is 0 Å². The summed E-state index contributed by atoms with van der Waals surface area (Å²) < 4.78 is 12.1. The Morgan fingerprint density at radius 1 is 1.54 bits per heavy atom. The summed E-state index contributed by atoms with van der Waals surface area (Å²) in [6, 6.07) is 0. The van der Waals surface area contributed by atoms with Crippen LogP contribution < -0.4 is 0 Å². The standard InChI is InChI=1S/C9H13BrO3/c1-6-7(11)2-3-8(10)9(6)12-4-5-13-9/h3,6-7,11H,2,4-5H2,1H3/t6-,7-/m1/s1. The summed E-state index contributed by atoms with van der Waals surface area (Å²) >= 11 is 3.44. The molecule has 0 aromatic carbocycles. The van der Waals surface area contributed by atoms with E-state index in [0.29, 0.717) is 19.6 Å². The molecule has 2 atom stereocenters. The topological polar surface area (TPSA) is 38.7 Å². The lowest BCUT2D eigenvalue weighted by Crippen LogP contribution is -2.46. The van der Waals surface area contributed by atoms with Gasteiger partial charge in [-0.25, -0.2) is 0 Å². The molecule has 1 N–H and O–H groups in total. The molecular formula is C9H13BrO3. The third-order valence-corrected chi connectivity index (χ3v) is 3.64. The van der Waals surface area contributed by atoms with E-state index < -0.39 is 5.79 Å². The second kappa shape index (κ2) is 3.35. The van der Waals surface area contributed by atoms with Gasteiger partial charge in [-0.1, -0.05) is 28.9 Å². The molecule has 2 aliphatic rings. The van der Waals surface area contributed by atoms with E-state index in [2.05, 4.69) is 15.9 Å². The zero-order chi connectivity index (χ0) is 9.47. The first-order chi connectivity index (χ1) is 6.17. The van der Waals surface area contributed by atoms with Crippen LogP contribution in [0.1, 0.15) is 13.3 Å². The van der Waals surface area contributed by atoms with Gasteiger partial charge in [-0.2, -0.15) is 0 Å². The molecule has 1 spiro atoms. The van der Waals surface area contributed by atoms with Crippen LogP contribution in [0.2, 0.25) is 0 Å². The van der Waals surface area contributed by atoms with Gasteiger partial charge in [-0.15, -0.1) is 0 Å². The largest absolute Gasteiger partial charge is 0.392 e. The maximum absolute atomic E-state index is 9.70. The van der Waals surface area contributed by atoms with Gasteiger partial charge in [-0.3, -0.25) is 0 Å². The van der Waals surface area contributed by atoms with Gasteiger partial charge in [0, 0.05) is 5.92 Å². The van der Waals surface area contributed by atoms with Crippen molar-refractivity contribution in [3.63, 3.8) is 0 Å². The second-order valence-corrected chi connectivity index (χ2v) is 4.36. The SMILES string of the molecule is C[C@@H]1[C@H](O)CC=C(Br)C12OCCO2. The molecule has 1 saturated heterocycles. The zero-order valence-electron chi connectivity index (χ0n) is 7.50. The fraction of sp³-hybridized carbons (Fsp3) is 0.778. The van der Waals surface area contributed by atoms with Gasteiger partial charge in [0.15, 0.2) is 0 Å². The highest BCUT2D eigenvalue weighted by Crippen LogP contribution is 2.43. The van der Waals surface area contributed by atoms with E-state index in [1.165, 1.54) is 0 Å². The van der Waals surface area contributed by atoms with E-state index in [1.807, 2.05) is 13.0 Å². The molecule has 0 unspecified atom stereocenters. The minimum absolute atomic E-state index is 0.0191. The molecule has 0 amide bonds. The quantitative estimate of drug-likeness (QED) is 0.705. The van der Waals surface area contributed by atoms with Crippen LogP contribution in [0.5, 0.6) is 0 Å². The molecule has 3 nitrogen and oxygen atoms in total. The highest BCUT2D eigenvalue weighted by molar-refractivity contribution is 9.11. The van der Waals surface area contributed by atoms with Crippen LogP contribution in [0.15, 0.2) is 10.6 Å². The molecule has 0 aromatic heterocycles. The van der Waals surface area contributed by atoms with Gasteiger partial charge in [-0.05, 0) is 6.42 Å². The predicted octanol–water partition coefficient (Wildman–Crippen LogP) is 1.41. The average molecular weight is 249 g/mol. The number of hydrogen-bond donors (Lipinski definition) is 1. The van der Waals surface area contributed by atoms with Crippen LogP contribution in [-0.4, -0.2) is 30.2 Å². The summed E-state index contributed by atoms with van der Waals surface area (Å²) in [5.41, 5.74) is 0. The second-order valence-electron chi connectivity index (χ2n) is 3.51. The predicted molar refractivity (Wildman–Crippen MR) is 51.4 cm³/mol. The third-order valence-electron chi connectivity index (χ3n) is 2.76. The Bertz CT molecular complexity index is 233. The van der Waals surface area contributed by atoms with Gasteiger partial charge in [0.1, 0.15) is 0 Å². The summed E-state index contributed by atoms with van der Waals surface area (Å²) in [4.78, 5) is 0. The first-order valence-electron chi connectivity index (χ1n) is 4.49. The van der Waals surface area contributed by atoms with E-state index in [9.17, 15) is 5.11 Å². The number of hydrogen-bond acceptors (Lipinski definition) is 3. The summed E-state index contributed by atoms with van der Waals surface area (Å²) in [5, 5.41) is 9.70. The number of rotatable bonds is 0. The smallest absolute Gasteiger partial charge is 0.206 e. The Hall–Kier alpha value is 0.1000. The number of aliphatic hydroxyl groups is 1. The molecule has 4 heteroatoms. The summed E-state index contributed by atoms with van der Waals surface area (Å²) in [6.07, 6.45) is 2.21. The number of ether oxygens (including phenoxy) is 2. The Kier molecular flexibility index (Phi) is 2.49. The Morgan fingerprint density at radius 3 is 2.77 bits per heavy atom. The molecule has 0 radical (unpaired) electrons. The molecule has 74 valence electrons. The molecule has 13 heavy (non-hydrogen) atoms. The van der Waals surface area contributed by atoms with Crippen LogP contribution in [0.25, 0.3) is 0 Å². The molecule has 2 rings (SSSR count). The van der Waals surface area contributed by atoms with Crippen LogP contribution in [0.3, 0.4) is 0 Å². The summed E-state index contributed by atoms with van der Waals surface area (Å²) in [5.74, 6) is -0.730. The maximum Gasteiger partial charge on any atom is 0.206 e. The summed E-state index contributed by atoms with van der Waals surface area (Å²) in [6.45, 7) is 3.14. The van der Waals surface area contributed by atoms with E-state index >= 15 is 0 Å². The van der Waals surface area contributed by atoms with Crippen molar-refractivity contribution in [3.05, 3.63) is 10.6 Å². The molecule has 1 fully saturated rings. The van der Waals surface area contributed by atoms with Crippen molar-refractivity contribution in [1.82, 2.24) is 0 Å². The van der Waals surface area contributed by atoms with E-state index in [-0.39, 0.29) is 12.0 Å². The maximum atomic E-state index is 9.70. The van der Waals surface area contributed by atoms with Crippen molar-refractivity contribution in [1.29, 1.82) is 0 Å². The van der Waals surface area contributed by atoms with Crippen molar-refractivity contribution in [2.24, 2.45) is 5.92 Å². The lowest BCUT2D eigenvalue weighted by Gasteiger charge is -2.38. The normalized spacial score (nSPS) is 37.9. The van der Waals surface area contributed by atoms with Gasteiger partial charge in [0.25, 0.3) is 0 Å². The van der Waals surface area contributed by atoms with Crippen LogP contribution in [0.4, 0.5) is 0 Å². The fourth-order valence-electron chi connectivity index (χ4n) is 1.87. The Labute approximate surface area is 85.8 Å². The highest BCUT2D eigenvalue weighted by atomic mass is 79.9. The molecule has 1 heterocycles. The lowest BCUT2D eigenvalue weighted by molar-refractivity contribution is -0.182. The van der Waals surface area contributed by atoms with Crippen molar-refractivity contribution in [2.75, 3.05) is 13.2 Å². The van der Waals surface area contributed by atoms with Gasteiger partial charge in [0.05, 0.1) is 23.8 Å². The average Bonchev–Trinajstić information content (AvgIpc) is 2.59. The zero-order valence-corrected chi connectivity index (χ0v) is 9.08. The minimum atomic E-state index is -0.711. The monoisotopic (exact) mass is 248 g/mol. The molecular weight excluding hydrogens is 236 g/mol. The number of aliphatic hydroxyl groups excluding tert-OH is 1. The molecule has 1 aliphatic carbocycles. The molecule has 1 aliphatic heterocycles. The van der Waals surface area contributed by atoms with Crippen LogP contribution in [0, 0.1) is 5.92 Å². The molecule has 0 aromatic rings. The van der Waals surface area contributed by atoms with Crippen LogP contribution in [-0.2, 0) is 9.47 Å². The molecule has 0 saturated carbocycles. The fourth-order valence-corrected chi connectivity index (χ4v) is 2.65. The summed E-state index contributed by atoms with van der Waals surface area (Å²) in [7, 11) is 0. The lowest BCUT2D eigenvalue weighted by atomic mass is 9.87. The number of halogens is 1. The Morgan fingerprint density at radius 2 is 2.15 bits per heavy atom. The van der Waals surface area contributed by atoms with E-state index in [0.717, 1.165) is 4.48 Å². The van der Waals surface area contributed by atoms with Gasteiger partial charge < -0.3 is 14.6 Å². The Balaban J connectivity index is 2.32. The van der Waals surface area contributed by atoms with Crippen LogP contribution >= 0.6 is 15.9 Å². The minimum Gasteiger partial charge on any atom is -0.392 e. The van der Waals surface area contributed by atoms with Gasteiger partial charge in [0.2, 0.25) is 5.79 Å².